The highest BCUT2D eigenvalue weighted by Crippen LogP contribution is 2.38. The number of carbonyl (C=O) groups is 1. The second kappa shape index (κ2) is 8.69. The van der Waals surface area contributed by atoms with E-state index in [4.69, 9.17) is 11.6 Å². The van der Waals surface area contributed by atoms with Gasteiger partial charge in [-0.1, -0.05) is 23.7 Å². The van der Waals surface area contributed by atoms with Crippen LogP contribution < -0.4 is 4.90 Å². The fourth-order valence-corrected chi connectivity index (χ4v) is 7.26. The number of anilines is 1. The Morgan fingerprint density at radius 1 is 1.18 bits per heavy atom. The van der Waals surface area contributed by atoms with Crippen molar-refractivity contribution >= 4 is 33.4 Å². The number of benzene rings is 1. The van der Waals surface area contributed by atoms with Crippen LogP contribution in [0.5, 0.6) is 0 Å². The summed E-state index contributed by atoms with van der Waals surface area (Å²) in [7, 11) is -3.96. The van der Waals surface area contributed by atoms with E-state index in [1.54, 1.807) is 30.9 Å². The van der Waals surface area contributed by atoms with E-state index in [1.165, 1.54) is 10.4 Å². The first-order chi connectivity index (χ1) is 15.8. The van der Waals surface area contributed by atoms with Gasteiger partial charge in [-0.15, -0.1) is 0 Å². The highest BCUT2D eigenvalue weighted by atomic mass is 35.5. The van der Waals surface area contributed by atoms with Gasteiger partial charge in [-0.25, -0.2) is 13.4 Å². The zero-order valence-corrected chi connectivity index (χ0v) is 20.0. The molecule has 1 fully saturated rings. The average molecular weight is 518 g/mol. The van der Waals surface area contributed by atoms with Gasteiger partial charge in [-0.2, -0.15) is 17.5 Å². The highest BCUT2D eigenvalue weighted by molar-refractivity contribution is 7.89. The van der Waals surface area contributed by atoms with E-state index in [2.05, 4.69) is 4.98 Å². The van der Waals surface area contributed by atoms with Crippen molar-refractivity contribution in [3.8, 4) is 0 Å². The molecule has 1 aliphatic heterocycles. The number of aromatic nitrogens is 1. The largest absolute Gasteiger partial charge is 0.481 e. The SMILES string of the molecule is CC1CN(c2cc(Cl)c(C(F)(F)F)cn2)CC(C)N1S(=O)(=O)c1cccc2c1CC(C(=O)O)C2. The summed E-state index contributed by atoms with van der Waals surface area (Å²) >= 11 is 5.84. The number of hydrogen-bond donors (Lipinski definition) is 1. The van der Waals surface area contributed by atoms with Crippen molar-refractivity contribution in [2.75, 3.05) is 18.0 Å². The van der Waals surface area contributed by atoms with Crippen molar-refractivity contribution in [2.24, 2.45) is 5.92 Å². The number of hydrogen-bond acceptors (Lipinski definition) is 5. The predicted molar refractivity (Wildman–Crippen MR) is 119 cm³/mol. The van der Waals surface area contributed by atoms with Gasteiger partial charge < -0.3 is 10.0 Å². The summed E-state index contributed by atoms with van der Waals surface area (Å²) in [5.74, 6) is -1.38. The Hall–Kier alpha value is -2.37. The lowest BCUT2D eigenvalue weighted by molar-refractivity contribution is -0.141. The summed E-state index contributed by atoms with van der Waals surface area (Å²) in [6.07, 6.45) is -3.50. The van der Waals surface area contributed by atoms with Gasteiger partial charge >= 0.3 is 12.1 Å². The number of rotatable bonds is 4. The lowest BCUT2D eigenvalue weighted by atomic mass is 10.1. The second-order valence-corrected chi connectivity index (χ2v) is 11.0. The van der Waals surface area contributed by atoms with E-state index in [0.717, 1.165) is 11.6 Å². The molecule has 12 heteroatoms. The van der Waals surface area contributed by atoms with E-state index in [9.17, 15) is 31.5 Å². The molecule has 3 unspecified atom stereocenters. The van der Waals surface area contributed by atoms with Crippen LogP contribution in [-0.4, -0.2) is 54.0 Å². The minimum absolute atomic E-state index is 0.108. The minimum atomic E-state index is -4.62. The first-order valence-electron chi connectivity index (χ1n) is 10.7. The smallest absolute Gasteiger partial charge is 0.419 e. The van der Waals surface area contributed by atoms with Crippen LogP contribution in [0.1, 0.15) is 30.5 Å². The summed E-state index contributed by atoms with van der Waals surface area (Å²) in [6, 6.07) is 4.97. The fourth-order valence-electron chi connectivity index (χ4n) is 4.92. The van der Waals surface area contributed by atoms with Crippen molar-refractivity contribution in [1.29, 1.82) is 0 Å². The number of piperazine rings is 1. The van der Waals surface area contributed by atoms with Crippen molar-refractivity contribution in [3.63, 3.8) is 0 Å². The van der Waals surface area contributed by atoms with Crippen molar-refractivity contribution in [1.82, 2.24) is 9.29 Å². The Kier molecular flexibility index (Phi) is 6.32. The summed E-state index contributed by atoms with van der Waals surface area (Å²) in [4.78, 5) is 17.2. The van der Waals surface area contributed by atoms with Crippen LogP contribution in [-0.2, 0) is 33.8 Å². The number of sulfonamides is 1. The van der Waals surface area contributed by atoms with E-state index < -0.39 is 50.8 Å². The maximum absolute atomic E-state index is 13.7. The molecule has 0 bridgehead atoms. The molecule has 184 valence electrons. The van der Waals surface area contributed by atoms with E-state index in [0.29, 0.717) is 11.8 Å². The number of fused-ring (bicyclic) bond motifs is 1. The first kappa shape index (κ1) is 24.7. The van der Waals surface area contributed by atoms with Gasteiger partial charge in [0.05, 0.1) is 21.4 Å². The van der Waals surface area contributed by atoms with Crippen LogP contribution in [0.3, 0.4) is 0 Å². The van der Waals surface area contributed by atoms with Crippen LogP contribution in [0.15, 0.2) is 35.4 Å². The monoisotopic (exact) mass is 517 g/mol. The van der Waals surface area contributed by atoms with Crippen LogP contribution in [0.25, 0.3) is 0 Å². The molecule has 1 saturated heterocycles. The predicted octanol–water partition coefficient (Wildman–Crippen LogP) is 3.84. The van der Waals surface area contributed by atoms with Gasteiger partial charge in [0.2, 0.25) is 10.0 Å². The molecule has 0 saturated carbocycles. The van der Waals surface area contributed by atoms with Crippen LogP contribution in [0.4, 0.5) is 19.0 Å². The Morgan fingerprint density at radius 2 is 1.82 bits per heavy atom. The van der Waals surface area contributed by atoms with E-state index in [-0.39, 0.29) is 36.6 Å². The topological polar surface area (TPSA) is 90.8 Å². The number of pyridine rings is 1. The average Bonchev–Trinajstić information content (AvgIpc) is 3.16. The maximum Gasteiger partial charge on any atom is 0.419 e. The summed E-state index contributed by atoms with van der Waals surface area (Å²) in [5, 5.41) is 8.92. The van der Waals surface area contributed by atoms with Crippen molar-refractivity contribution in [2.45, 2.75) is 49.8 Å². The number of carboxylic acids is 1. The minimum Gasteiger partial charge on any atom is -0.481 e. The van der Waals surface area contributed by atoms with Crippen LogP contribution in [0, 0.1) is 5.92 Å². The Labute approximate surface area is 200 Å². The molecule has 0 spiro atoms. The number of nitrogens with zero attached hydrogens (tertiary/aromatic N) is 3. The second-order valence-electron chi connectivity index (χ2n) is 8.80. The highest BCUT2D eigenvalue weighted by Gasteiger charge is 2.42. The summed E-state index contributed by atoms with van der Waals surface area (Å²) in [6.45, 7) is 3.83. The lowest BCUT2D eigenvalue weighted by Crippen LogP contribution is -2.58. The van der Waals surface area contributed by atoms with Gasteiger partial charge in [0.1, 0.15) is 5.82 Å². The zero-order valence-electron chi connectivity index (χ0n) is 18.4. The van der Waals surface area contributed by atoms with Gasteiger partial charge in [-0.05, 0) is 49.9 Å². The molecule has 2 aliphatic rings. The molecule has 2 heterocycles. The number of carboxylic acid groups (broad SMARTS) is 1. The number of alkyl halides is 3. The molecule has 1 aromatic carbocycles. The van der Waals surface area contributed by atoms with Gasteiger partial charge in [0.25, 0.3) is 0 Å². The van der Waals surface area contributed by atoms with Crippen LogP contribution >= 0.6 is 11.6 Å². The Balaban J connectivity index is 1.60. The van der Waals surface area contributed by atoms with E-state index in [1.807, 2.05) is 0 Å². The molecule has 7 nitrogen and oxygen atoms in total. The third-order valence-electron chi connectivity index (χ3n) is 6.36. The third-order valence-corrected chi connectivity index (χ3v) is 8.88. The quantitative estimate of drug-likeness (QED) is 0.662. The molecule has 34 heavy (non-hydrogen) atoms. The number of halogens is 4. The standard InChI is InChI=1S/C22H23ClF3N3O4S/c1-12-10-28(20-8-18(23)17(9-27-20)22(24,25)26)11-13(2)29(12)34(32,33)19-5-3-4-14-6-15(21(30)31)7-16(14)19/h3-5,8-9,12-13,15H,6-7,10-11H2,1-2H3,(H,30,31). The lowest BCUT2D eigenvalue weighted by Gasteiger charge is -2.44. The molecule has 1 aromatic heterocycles. The molecule has 0 amide bonds. The van der Waals surface area contributed by atoms with Gasteiger partial charge in [-0.3, -0.25) is 4.79 Å². The molecule has 2 aromatic rings. The third kappa shape index (κ3) is 4.36. The molecule has 0 radical (unpaired) electrons. The van der Waals surface area contributed by atoms with Gasteiger partial charge in [0.15, 0.2) is 0 Å². The normalized spacial score (nSPS) is 23.7. The van der Waals surface area contributed by atoms with E-state index >= 15 is 0 Å². The maximum atomic E-state index is 13.7. The molecular weight excluding hydrogens is 495 g/mol. The van der Waals surface area contributed by atoms with Crippen molar-refractivity contribution < 1.29 is 31.5 Å². The van der Waals surface area contributed by atoms with Crippen molar-refractivity contribution in [3.05, 3.63) is 52.2 Å². The molecular formula is C22H23ClF3N3O4S. The molecule has 4 rings (SSSR count). The Morgan fingerprint density at radius 3 is 2.38 bits per heavy atom. The summed E-state index contributed by atoms with van der Waals surface area (Å²) in [5.41, 5.74) is 0.224. The fraction of sp³-hybridized carbons (Fsp3) is 0.455. The molecule has 1 aliphatic carbocycles. The van der Waals surface area contributed by atoms with Gasteiger partial charge in [0, 0.05) is 31.4 Å². The molecule has 3 atom stereocenters. The molecule has 1 N–H and O–H groups in total. The first-order valence-corrected chi connectivity index (χ1v) is 12.5. The van der Waals surface area contributed by atoms with Crippen LogP contribution in [0.2, 0.25) is 5.02 Å². The Bertz CT molecular complexity index is 1230. The zero-order chi connectivity index (χ0) is 25.0. The summed E-state index contributed by atoms with van der Waals surface area (Å²) < 4.78 is 67.8. The number of aliphatic carboxylic acids is 1.